The highest BCUT2D eigenvalue weighted by molar-refractivity contribution is 6.60. The van der Waals surface area contributed by atoms with Crippen LogP contribution in [0.25, 0.3) is 0 Å². The van der Waals surface area contributed by atoms with Crippen molar-refractivity contribution < 1.29 is 19.0 Å². The van der Waals surface area contributed by atoms with Crippen LogP contribution >= 0.6 is 0 Å². The standard InChI is InChI=1S/C33H37N2O3/c1-7-32(8-2)23-15-11-13-17-25(23)34(5)27(32)19-21-29(36)22(31(38)30(21)37)20-28-33(9-3,10-4)24-16-12-14-18-26(24)35(28)6/h11-21H,7-10H2,1-6H3/q+1/b22-20-,27-19-. The number of hydrogen-bond donors (Lipinski definition) is 0. The van der Waals surface area contributed by atoms with Crippen LogP contribution in [0, 0.1) is 5.92 Å². The van der Waals surface area contributed by atoms with Crippen molar-refractivity contribution in [3.05, 3.63) is 83.1 Å². The van der Waals surface area contributed by atoms with Crippen LogP contribution in [0.2, 0.25) is 0 Å². The van der Waals surface area contributed by atoms with E-state index in [0.29, 0.717) is 0 Å². The van der Waals surface area contributed by atoms with Crippen LogP contribution in [0.15, 0.2) is 72.0 Å². The molecule has 2 aromatic carbocycles. The van der Waals surface area contributed by atoms with Gasteiger partial charge in [0, 0.05) is 41.6 Å². The molecule has 5 rings (SSSR count). The molecule has 5 nitrogen and oxygen atoms in total. The maximum Gasteiger partial charge on any atom is 0.233 e. The molecule has 1 atom stereocenters. The first-order chi connectivity index (χ1) is 18.2. The van der Waals surface area contributed by atoms with Gasteiger partial charge in [-0.1, -0.05) is 64.1 Å². The highest BCUT2D eigenvalue weighted by Gasteiger charge is 2.52. The second-order valence-electron chi connectivity index (χ2n) is 10.8. The zero-order valence-corrected chi connectivity index (χ0v) is 23.3. The number of ketones is 3. The molecule has 0 N–H and O–H groups in total. The number of fused-ring (bicyclic) bond motifs is 2. The number of carbonyl (C=O) groups excluding carboxylic acids is 3. The first-order valence-electron chi connectivity index (χ1n) is 13.8. The fourth-order valence-corrected chi connectivity index (χ4v) is 7.27. The maximum atomic E-state index is 13.8. The fourth-order valence-electron chi connectivity index (χ4n) is 7.27. The van der Waals surface area contributed by atoms with Crippen molar-refractivity contribution in [2.45, 2.75) is 64.2 Å². The van der Waals surface area contributed by atoms with Crippen molar-refractivity contribution in [3.63, 3.8) is 0 Å². The summed E-state index contributed by atoms with van der Waals surface area (Å²) in [5.41, 5.74) is 5.79. The largest absolute Gasteiger partial charge is 0.347 e. The fraction of sp³-hybridized carbons (Fsp3) is 0.394. The van der Waals surface area contributed by atoms with E-state index in [1.54, 1.807) is 12.2 Å². The molecule has 38 heavy (non-hydrogen) atoms. The van der Waals surface area contributed by atoms with Crippen molar-refractivity contribution >= 4 is 34.4 Å². The molecule has 0 spiro atoms. The summed E-state index contributed by atoms with van der Waals surface area (Å²) in [4.78, 5) is 42.6. The SMILES string of the molecule is CCC1(CC)C(/C=C2\C(=O)C(=O)C(/C=C3\N(C)c4ccccc4C3(CC)CC)C2=O)=[N+](C)c2ccccc21. The van der Waals surface area contributed by atoms with Gasteiger partial charge in [-0.2, -0.15) is 4.58 Å². The Morgan fingerprint density at radius 1 is 0.816 bits per heavy atom. The summed E-state index contributed by atoms with van der Waals surface area (Å²) in [7, 11) is 3.96. The molecule has 3 aliphatic rings. The van der Waals surface area contributed by atoms with Gasteiger partial charge in [0.05, 0.1) is 11.0 Å². The van der Waals surface area contributed by atoms with E-state index in [0.717, 1.165) is 48.5 Å². The Balaban J connectivity index is 1.61. The highest BCUT2D eigenvalue weighted by atomic mass is 16.2. The summed E-state index contributed by atoms with van der Waals surface area (Å²) in [5.74, 6) is -2.79. The number of para-hydroxylation sites is 2. The molecule has 1 aliphatic carbocycles. The lowest BCUT2D eigenvalue weighted by Crippen LogP contribution is -2.33. The zero-order valence-electron chi connectivity index (χ0n) is 23.3. The Bertz CT molecular complexity index is 1450. The zero-order chi connectivity index (χ0) is 27.4. The van der Waals surface area contributed by atoms with Crippen molar-refractivity contribution in [1.82, 2.24) is 0 Å². The summed E-state index contributed by atoms with van der Waals surface area (Å²) in [6.07, 6.45) is 6.81. The summed E-state index contributed by atoms with van der Waals surface area (Å²) in [5, 5.41) is 0. The number of carbonyl (C=O) groups is 3. The van der Waals surface area contributed by atoms with Gasteiger partial charge >= 0.3 is 0 Å². The first-order valence-corrected chi connectivity index (χ1v) is 13.8. The minimum absolute atomic E-state index is 0.00884. The summed E-state index contributed by atoms with van der Waals surface area (Å²) < 4.78 is 2.08. The predicted molar refractivity (Wildman–Crippen MR) is 151 cm³/mol. The molecule has 0 saturated heterocycles. The molecular formula is C33H37N2O3+. The third-order valence-electron chi connectivity index (χ3n) is 9.58. The van der Waals surface area contributed by atoms with Gasteiger partial charge in [0.25, 0.3) is 0 Å². The second-order valence-corrected chi connectivity index (χ2v) is 10.8. The molecule has 1 unspecified atom stereocenters. The number of anilines is 1. The molecule has 2 aliphatic heterocycles. The average Bonchev–Trinajstić information content (AvgIpc) is 3.42. The van der Waals surface area contributed by atoms with Crippen molar-refractivity contribution in [2.75, 3.05) is 19.0 Å². The van der Waals surface area contributed by atoms with Gasteiger partial charge in [-0.25, -0.2) is 0 Å². The minimum atomic E-state index is -1.09. The maximum absolute atomic E-state index is 13.8. The molecule has 1 fully saturated rings. The molecule has 2 aromatic rings. The molecule has 0 aromatic heterocycles. The van der Waals surface area contributed by atoms with E-state index in [1.807, 2.05) is 38.4 Å². The van der Waals surface area contributed by atoms with E-state index in [9.17, 15) is 14.4 Å². The van der Waals surface area contributed by atoms with E-state index in [-0.39, 0.29) is 16.4 Å². The summed E-state index contributed by atoms with van der Waals surface area (Å²) in [6, 6.07) is 16.5. The first kappa shape index (κ1) is 26.0. The van der Waals surface area contributed by atoms with Crippen LogP contribution in [0.1, 0.15) is 64.5 Å². The van der Waals surface area contributed by atoms with E-state index in [4.69, 9.17) is 0 Å². The van der Waals surface area contributed by atoms with Gasteiger partial charge < -0.3 is 4.90 Å². The van der Waals surface area contributed by atoms with Crippen molar-refractivity contribution in [3.8, 4) is 0 Å². The molecule has 5 heteroatoms. The van der Waals surface area contributed by atoms with Crippen LogP contribution in [0.3, 0.4) is 0 Å². The van der Waals surface area contributed by atoms with Gasteiger partial charge in [-0.05, 0) is 43.4 Å². The molecule has 196 valence electrons. The number of hydrogen-bond acceptors (Lipinski definition) is 4. The van der Waals surface area contributed by atoms with Crippen LogP contribution in [-0.2, 0) is 25.2 Å². The normalized spacial score (nSPS) is 23.7. The summed E-state index contributed by atoms with van der Waals surface area (Å²) >= 11 is 0. The summed E-state index contributed by atoms with van der Waals surface area (Å²) in [6.45, 7) is 8.55. The van der Waals surface area contributed by atoms with Crippen LogP contribution in [0.5, 0.6) is 0 Å². The van der Waals surface area contributed by atoms with E-state index in [2.05, 4.69) is 61.4 Å². The quantitative estimate of drug-likeness (QED) is 0.162. The monoisotopic (exact) mass is 509 g/mol. The molecular weight excluding hydrogens is 472 g/mol. The van der Waals surface area contributed by atoms with Crippen LogP contribution in [0.4, 0.5) is 11.4 Å². The third kappa shape index (κ3) is 3.30. The van der Waals surface area contributed by atoms with E-state index < -0.39 is 23.3 Å². The average molecular weight is 510 g/mol. The molecule has 2 heterocycles. The number of nitrogens with zero attached hydrogens (tertiary/aromatic N) is 2. The number of rotatable bonds is 6. The Hall–Kier alpha value is -3.60. The van der Waals surface area contributed by atoms with Gasteiger partial charge in [0.15, 0.2) is 11.5 Å². The number of benzene rings is 2. The van der Waals surface area contributed by atoms with Crippen LogP contribution < -0.4 is 4.90 Å². The van der Waals surface area contributed by atoms with Gasteiger partial charge in [-0.15, -0.1) is 0 Å². The van der Waals surface area contributed by atoms with E-state index in [1.165, 1.54) is 11.1 Å². The third-order valence-corrected chi connectivity index (χ3v) is 9.58. The number of likely N-dealkylation sites (N-methyl/N-ethyl adjacent to an activating group) is 1. The van der Waals surface area contributed by atoms with Gasteiger partial charge in [0.2, 0.25) is 17.3 Å². The lowest BCUT2D eigenvalue weighted by atomic mass is 9.72. The molecule has 0 amide bonds. The van der Waals surface area contributed by atoms with Crippen molar-refractivity contribution in [2.24, 2.45) is 5.92 Å². The van der Waals surface area contributed by atoms with Crippen molar-refractivity contribution in [1.29, 1.82) is 0 Å². The topological polar surface area (TPSA) is 57.5 Å². The van der Waals surface area contributed by atoms with Gasteiger partial charge in [-0.3, -0.25) is 14.4 Å². The second kappa shape index (κ2) is 9.30. The Morgan fingerprint density at radius 2 is 1.39 bits per heavy atom. The number of Topliss-reactive ketones (excluding diaryl/α,β-unsaturated/α-hetero) is 3. The highest BCUT2D eigenvalue weighted by Crippen LogP contribution is 2.52. The Morgan fingerprint density at radius 3 is 2.03 bits per heavy atom. The Labute approximate surface area is 225 Å². The lowest BCUT2D eigenvalue weighted by Gasteiger charge is -2.31. The lowest BCUT2D eigenvalue weighted by molar-refractivity contribution is -0.401. The molecule has 0 radical (unpaired) electrons. The Kier molecular flexibility index (Phi) is 6.37. The van der Waals surface area contributed by atoms with E-state index >= 15 is 0 Å². The minimum Gasteiger partial charge on any atom is -0.347 e. The number of allylic oxidation sites excluding steroid dienone is 4. The smallest absolute Gasteiger partial charge is 0.233 e. The predicted octanol–water partition coefficient (Wildman–Crippen LogP) is 5.83. The molecule has 0 bridgehead atoms. The van der Waals surface area contributed by atoms with Crippen LogP contribution in [-0.4, -0.2) is 41.7 Å². The molecule has 1 saturated carbocycles. The van der Waals surface area contributed by atoms with Gasteiger partial charge in [0.1, 0.15) is 13.0 Å².